The highest BCUT2D eigenvalue weighted by Crippen LogP contribution is 2.09. The Hall–Kier alpha value is -0.860. The summed E-state index contributed by atoms with van der Waals surface area (Å²) in [6, 6.07) is 4.06. The van der Waals surface area contributed by atoms with Crippen LogP contribution in [0.25, 0.3) is 6.08 Å². The molecule has 0 fully saturated rings. The molecule has 0 amide bonds. The Balaban J connectivity index is 2.43. The second-order valence-corrected chi connectivity index (χ2v) is 2.96. The third-order valence-corrected chi connectivity index (χ3v) is 1.99. The summed E-state index contributed by atoms with van der Waals surface area (Å²) in [6.07, 6.45) is 7.46. The molecular formula is C9H10OS. The molecule has 1 nitrogen and oxygen atoms in total. The molecule has 0 aliphatic heterocycles. The third-order valence-electron chi connectivity index (χ3n) is 1.16. The summed E-state index contributed by atoms with van der Waals surface area (Å²) in [6.45, 7) is 0.106. The van der Waals surface area contributed by atoms with Gasteiger partial charge in [0, 0.05) is 4.88 Å². The highest BCUT2D eigenvalue weighted by Gasteiger charge is 1.81. The molecule has 1 N–H and O–H groups in total. The SMILES string of the molecule is OC/C=C/C=C/c1cccs1. The van der Waals surface area contributed by atoms with Crippen LogP contribution in [0.4, 0.5) is 0 Å². The summed E-state index contributed by atoms with van der Waals surface area (Å²) >= 11 is 1.70. The van der Waals surface area contributed by atoms with E-state index < -0.39 is 0 Å². The number of rotatable bonds is 3. The predicted octanol–water partition coefficient (Wildman–Crippen LogP) is 2.31. The van der Waals surface area contributed by atoms with E-state index in [0.717, 1.165) is 0 Å². The molecular weight excluding hydrogens is 156 g/mol. The van der Waals surface area contributed by atoms with Crippen molar-refractivity contribution in [3.05, 3.63) is 40.6 Å². The third kappa shape index (κ3) is 3.16. The smallest absolute Gasteiger partial charge is 0.0615 e. The Bertz CT molecular complexity index is 234. The van der Waals surface area contributed by atoms with E-state index >= 15 is 0 Å². The van der Waals surface area contributed by atoms with Crippen molar-refractivity contribution in [3.8, 4) is 0 Å². The van der Waals surface area contributed by atoms with Crippen molar-refractivity contribution < 1.29 is 5.11 Å². The number of allylic oxidation sites excluding steroid dienone is 2. The van der Waals surface area contributed by atoms with Gasteiger partial charge in [-0.3, -0.25) is 0 Å². The average molecular weight is 166 g/mol. The van der Waals surface area contributed by atoms with Crippen molar-refractivity contribution >= 4 is 17.4 Å². The molecule has 0 unspecified atom stereocenters. The van der Waals surface area contributed by atoms with Gasteiger partial charge in [0.15, 0.2) is 0 Å². The summed E-state index contributed by atoms with van der Waals surface area (Å²) in [5.41, 5.74) is 0. The van der Waals surface area contributed by atoms with E-state index in [2.05, 4.69) is 0 Å². The standard InChI is InChI=1S/C9H10OS/c10-7-3-1-2-5-9-6-4-8-11-9/h1-6,8,10H,7H2/b3-1+,5-2+. The first kappa shape index (κ1) is 8.24. The zero-order valence-electron chi connectivity index (χ0n) is 6.10. The second-order valence-electron chi connectivity index (χ2n) is 1.99. The van der Waals surface area contributed by atoms with Crippen LogP contribution < -0.4 is 0 Å². The molecule has 58 valence electrons. The fourth-order valence-corrected chi connectivity index (χ4v) is 1.30. The van der Waals surface area contributed by atoms with Crippen LogP contribution in [0.3, 0.4) is 0 Å². The van der Waals surface area contributed by atoms with Crippen LogP contribution in [0.1, 0.15) is 4.88 Å². The van der Waals surface area contributed by atoms with E-state index in [1.807, 2.05) is 35.7 Å². The second kappa shape index (κ2) is 4.88. The van der Waals surface area contributed by atoms with E-state index in [9.17, 15) is 0 Å². The summed E-state index contributed by atoms with van der Waals surface area (Å²) in [7, 11) is 0. The highest BCUT2D eigenvalue weighted by atomic mass is 32.1. The fourth-order valence-electron chi connectivity index (χ4n) is 0.676. The minimum Gasteiger partial charge on any atom is -0.392 e. The molecule has 1 aromatic rings. The van der Waals surface area contributed by atoms with Gasteiger partial charge in [0.2, 0.25) is 0 Å². The lowest BCUT2D eigenvalue weighted by Crippen LogP contribution is -1.67. The molecule has 0 aromatic carbocycles. The van der Waals surface area contributed by atoms with Crippen LogP contribution in [0.15, 0.2) is 35.7 Å². The zero-order chi connectivity index (χ0) is 7.94. The minimum atomic E-state index is 0.106. The van der Waals surface area contributed by atoms with Crippen LogP contribution in [0.5, 0.6) is 0 Å². The summed E-state index contributed by atoms with van der Waals surface area (Å²) < 4.78 is 0. The van der Waals surface area contributed by atoms with E-state index in [-0.39, 0.29) is 6.61 Å². The van der Waals surface area contributed by atoms with Crippen molar-refractivity contribution in [2.24, 2.45) is 0 Å². The molecule has 0 aliphatic rings. The van der Waals surface area contributed by atoms with Gasteiger partial charge in [-0.25, -0.2) is 0 Å². The molecule has 11 heavy (non-hydrogen) atoms. The Morgan fingerprint density at radius 2 is 2.36 bits per heavy atom. The Kier molecular flexibility index (Phi) is 3.65. The fraction of sp³-hybridized carbons (Fsp3) is 0.111. The lowest BCUT2D eigenvalue weighted by molar-refractivity contribution is 0.343. The van der Waals surface area contributed by atoms with Gasteiger partial charge >= 0.3 is 0 Å². The van der Waals surface area contributed by atoms with Gasteiger partial charge in [-0.1, -0.05) is 24.3 Å². The van der Waals surface area contributed by atoms with E-state index in [1.54, 1.807) is 17.4 Å². The molecule has 0 saturated carbocycles. The summed E-state index contributed by atoms with van der Waals surface area (Å²) in [4.78, 5) is 1.23. The summed E-state index contributed by atoms with van der Waals surface area (Å²) in [5.74, 6) is 0. The molecule has 0 aliphatic carbocycles. The number of hydrogen-bond acceptors (Lipinski definition) is 2. The lowest BCUT2D eigenvalue weighted by Gasteiger charge is -1.78. The molecule has 2 heteroatoms. The molecule has 1 heterocycles. The maximum absolute atomic E-state index is 8.41. The van der Waals surface area contributed by atoms with Crippen LogP contribution in [0, 0.1) is 0 Å². The molecule has 1 rings (SSSR count). The van der Waals surface area contributed by atoms with Crippen LogP contribution >= 0.6 is 11.3 Å². The number of hydrogen-bond donors (Lipinski definition) is 1. The van der Waals surface area contributed by atoms with Gasteiger partial charge < -0.3 is 5.11 Å². The maximum atomic E-state index is 8.41. The van der Waals surface area contributed by atoms with Gasteiger partial charge in [-0.05, 0) is 17.5 Å². The topological polar surface area (TPSA) is 20.2 Å². The number of thiophene rings is 1. The molecule has 0 atom stereocenters. The lowest BCUT2D eigenvalue weighted by atomic mass is 10.4. The largest absolute Gasteiger partial charge is 0.392 e. The highest BCUT2D eigenvalue weighted by molar-refractivity contribution is 7.10. The van der Waals surface area contributed by atoms with Gasteiger partial charge in [-0.2, -0.15) is 0 Å². The first-order valence-corrected chi connectivity index (χ1v) is 4.29. The van der Waals surface area contributed by atoms with Crippen LogP contribution in [-0.4, -0.2) is 11.7 Å². The molecule has 0 spiro atoms. The van der Waals surface area contributed by atoms with Crippen molar-refractivity contribution in [2.45, 2.75) is 0 Å². The quantitative estimate of drug-likeness (QED) is 0.683. The number of aliphatic hydroxyl groups is 1. The van der Waals surface area contributed by atoms with Crippen LogP contribution in [-0.2, 0) is 0 Å². The summed E-state index contributed by atoms with van der Waals surface area (Å²) in [5, 5.41) is 10.4. The van der Waals surface area contributed by atoms with E-state index in [4.69, 9.17) is 5.11 Å². The average Bonchev–Trinajstić information content (AvgIpc) is 2.50. The van der Waals surface area contributed by atoms with Gasteiger partial charge in [0.05, 0.1) is 6.61 Å². The van der Waals surface area contributed by atoms with Crippen molar-refractivity contribution in [3.63, 3.8) is 0 Å². The first-order chi connectivity index (χ1) is 5.43. The molecule has 0 radical (unpaired) electrons. The van der Waals surface area contributed by atoms with Gasteiger partial charge in [-0.15, -0.1) is 11.3 Å². The van der Waals surface area contributed by atoms with Gasteiger partial charge in [0.25, 0.3) is 0 Å². The van der Waals surface area contributed by atoms with Gasteiger partial charge in [0.1, 0.15) is 0 Å². The Morgan fingerprint density at radius 1 is 1.45 bits per heavy atom. The minimum absolute atomic E-state index is 0.106. The first-order valence-electron chi connectivity index (χ1n) is 3.41. The molecule has 0 saturated heterocycles. The number of aliphatic hydroxyl groups excluding tert-OH is 1. The molecule has 1 aromatic heterocycles. The Morgan fingerprint density at radius 3 is 3.00 bits per heavy atom. The van der Waals surface area contributed by atoms with Crippen molar-refractivity contribution in [1.29, 1.82) is 0 Å². The Labute approximate surface area is 70.3 Å². The maximum Gasteiger partial charge on any atom is 0.0615 e. The monoisotopic (exact) mass is 166 g/mol. The van der Waals surface area contributed by atoms with Crippen LogP contribution in [0.2, 0.25) is 0 Å². The van der Waals surface area contributed by atoms with E-state index in [1.165, 1.54) is 4.88 Å². The normalized spacial score (nSPS) is 11.7. The zero-order valence-corrected chi connectivity index (χ0v) is 6.92. The van der Waals surface area contributed by atoms with Crippen molar-refractivity contribution in [1.82, 2.24) is 0 Å². The van der Waals surface area contributed by atoms with Crippen molar-refractivity contribution in [2.75, 3.05) is 6.61 Å². The van der Waals surface area contributed by atoms with E-state index in [0.29, 0.717) is 0 Å². The predicted molar refractivity (Wildman–Crippen MR) is 49.6 cm³/mol. The molecule has 0 bridgehead atoms.